The fourth-order valence-corrected chi connectivity index (χ4v) is 5.40. The summed E-state index contributed by atoms with van der Waals surface area (Å²) in [4.78, 5) is 6.07. The summed E-state index contributed by atoms with van der Waals surface area (Å²) in [6, 6.07) is 21.8. The van der Waals surface area contributed by atoms with Gasteiger partial charge in [-0.2, -0.15) is 5.48 Å². The van der Waals surface area contributed by atoms with Gasteiger partial charge in [-0.15, -0.1) is 13.2 Å². The van der Waals surface area contributed by atoms with Crippen LogP contribution in [0.25, 0.3) is 0 Å². The number of nitrogens with two attached hydrogens (primary N) is 1. The highest BCUT2D eigenvalue weighted by Crippen LogP contribution is 2.25. The molecule has 1 aliphatic carbocycles. The summed E-state index contributed by atoms with van der Waals surface area (Å²) >= 11 is 1.94. The molecule has 5 nitrogen and oxygen atoms in total. The lowest BCUT2D eigenvalue weighted by Crippen LogP contribution is -2.35. The second-order valence-electron chi connectivity index (χ2n) is 10.2. The molecule has 1 aliphatic rings. The first-order valence-corrected chi connectivity index (χ1v) is 16.3. The molecule has 2 aromatic rings. The molecule has 1 saturated carbocycles. The monoisotopic (exact) mass is 585 g/mol. The number of nitrogens with zero attached hydrogens (tertiary/aromatic N) is 1. The molecule has 0 bridgehead atoms. The number of ether oxygens (including phenoxy) is 1. The zero-order valence-corrected chi connectivity index (χ0v) is 27.5. The smallest absolute Gasteiger partial charge is 0.0854 e. The van der Waals surface area contributed by atoms with Crippen LogP contribution >= 0.6 is 11.9 Å². The van der Waals surface area contributed by atoms with Crippen molar-refractivity contribution in [2.75, 3.05) is 29.8 Å². The normalized spacial score (nSPS) is 13.1. The maximum Gasteiger partial charge on any atom is 0.0854 e. The lowest BCUT2D eigenvalue weighted by Gasteiger charge is -2.27. The van der Waals surface area contributed by atoms with E-state index in [1.54, 1.807) is 0 Å². The van der Waals surface area contributed by atoms with Gasteiger partial charge in [0.15, 0.2) is 0 Å². The van der Waals surface area contributed by atoms with E-state index in [1.165, 1.54) is 36.9 Å². The number of nitrogens with one attached hydrogen (secondary N) is 1. The van der Waals surface area contributed by atoms with Gasteiger partial charge in [0.1, 0.15) is 0 Å². The molecular formula is C35H59N3O2S. The number of rotatable bonds is 16. The van der Waals surface area contributed by atoms with E-state index >= 15 is 0 Å². The molecule has 2 aromatic carbocycles. The third-order valence-electron chi connectivity index (χ3n) is 5.95. The predicted octanol–water partition coefficient (Wildman–Crippen LogP) is 8.98. The highest BCUT2D eigenvalue weighted by atomic mass is 32.2. The quantitative estimate of drug-likeness (QED) is 0.0887. The molecule has 0 radical (unpaired) electrons. The van der Waals surface area contributed by atoms with Crippen molar-refractivity contribution >= 4 is 17.6 Å². The number of hydrogen-bond donors (Lipinski definition) is 2. The number of para-hydroxylation sites is 1. The van der Waals surface area contributed by atoms with Crippen molar-refractivity contribution in [2.45, 2.75) is 91.7 Å². The van der Waals surface area contributed by atoms with Gasteiger partial charge in [-0.25, -0.2) is 0 Å². The second-order valence-corrected chi connectivity index (χ2v) is 11.3. The summed E-state index contributed by atoms with van der Waals surface area (Å²) in [5.41, 5.74) is 11.9. The molecule has 1 fully saturated rings. The summed E-state index contributed by atoms with van der Waals surface area (Å²) in [5.74, 6) is 1.70. The molecule has 0 unspecified atom stereocenters. The highest BCUT2D eigenvalue weighted by Gasteiger charge is 2.19. The lowest BCUT2D eigenvalue weighted by atomic mass is 10.0. The fourth-order valence-electron chi connectivity index (χ4n) is 4.11. The van der Waals surface area contributed by atoms with E-state index in [4.69, 9.17) is 15.3 Å². The third kappa shape index (κ3) is 20.3. The number of hydrogen-bond acceptors (Lipinski definition) is 6. The molecule has 0 heterocycles. The molecule has 3 N–H and O–H groups in total. The fraction of sp³-hybridized carbons (Fsp3) is 0.543. The first kappa shape index (κ1) is 38.8. The number of anilines is 1. The van der Waals surface area contributed by atoms with Gasteiger partial charge in [0.05, 0.1) is 12.7 Å². The van der Waals surface area contributed by atoms with E-state index in [2.05, 4.69) is 111 Å². The van der Waals surface area contributed by atoms with Crippen molar-refractivity contribution in [1.82, 2.24) is 5.48 Å². The van der Waals surface area contributed by atoms with Gasteiger partial charge in [-0.3, -0.25) is 4.84 Å². The average molecular weight is 586 g/mol. The largest absolute Gasteiger partial charge is 0.401 e. The summed E-state index contributed by atoms with van der Waals surface area (Å²) in [6.07, 6.45) is 8.48. The minimum atomic E-state index is 0.335. The summed E-state index contributed by atoms with van der Waals surface area (Å²) in [5, 5.41) is 0. The van der Waals surface area contributed by atoms with Crippen molar-refractivity contribution in [2.24, 2.45) is 11.7 Å². The Morgan fingerprint density at radius 1 is 1.02 bits per heavy atom. The van der Waals surface area contributed by atoms with Crippen LogP contribution in [0.1, 0.15) is 78.7 Å². The van der Waals surface area contributed by atoms with Crippen LogP contribution in [0.15, 0.2) is 86.1 Å². The molecule has 0 amide bonds. The Morgan fingerprint density at radius 3 is 2.15 bits per heavy atom. The zero-order chi connectivity index (χ0) is 30.7. The third-order valence-corrected chi connectivity index (χ3v) is 7.04. The Labute approximate surface area is 257 Å². The van der Waals surface area contributed by atoms with Crippen LogP contribution in [-0.4, -0.2) is 37.7 Å². The molecule has 232 valence electrons. The molecule has 41 heavy (non-hydrogen) atoms. The predicted molar refractivity (Wildman–Crippen MR) is 183 cm³/mol. The van der Waals surface area contributed by atoms with Gasteiger partial charge in [-0.1, -0.05) is 103 Å². The molecule has 0 aromatic heterocycles. The van der Waals surface area contributed by atoms with Gasteiger partial charge >= 0.3 is 0 Å². The average Bonchev–Trinajstić information content (AvgIpc) is 3.52. The van der Waals surface area contributed by atoms with E-state index in [0.717, 1.165) is 38.2 Å². The second kappa shape index (κ2) is 26.6. The standard InChI is InChI=1S/C25H36N2OS.C6H13NO.C2H6.C2H4/c1-21(2)20-27(24-13-7-4-8-14-24)29-18-17-23(19-22-11-5-3-6-12-22)26-28-25-15-9-10-16-25;1-3-4-8-5-6(2)7;2*1-2/h3-8,11-14,21,23,25-26H,9-10,15-20H2,1-2H3;2-5,7H2,1H3;1-2H3;1-2H2/t23-;;;/m1.../s1. The van der Waals surface area contributed by atoms with Gasteiger partial charge in [0.2, 0.25) is 0 Å². The van der Waals surface area contributed by atoms with Crippen molar-refractivity contribution in [3.8, 4) is 0 Å². The van der Waals surface area contributed by atoms with E-state index in [-0.39, 0.29) is 0 Å². The van der Waals surface area contributed by atoms with Crippen molar-refractivity contribution < 1.29 is 9.57 Å². The van der Waals surface area contributed by atoms with E-state index in [0.29, 0.717) is 30.4 Å². The first-order chi connectivity index (χ1) is 20.0. The number of hydroxylamine groups is 1. The Hall–Kier alpha value is -2.25. The van der Waals surface area contributed by atoms with Crippen molar-refractivity contribution in [3.63, 3.8) is 0 Å². The molecule has 3 rings (SSSR count). The van der Waals surface area contributed by atoms with E-state index in [9.17, 15) is 0 Å². The Morgan fingerprint density at radius 2 is 1.61 bits per heavy atom. The van der Waals surface area contributed by atoms with Gasteiger partial charge in [0, 0.05) is 36.3 Å². The van der Waals surface area contributed by atoms with E-state index < -0.39 is 0 Å². The van der Waals surface area contributed by atoms with Gasteiger partial charge in [-0.05, 0) is 67.7 Å². The maximum atomic E-state index is 6.07. The summed E-state index contributed by atoms with van der Waals surface area (Å²) in [6.45, 7) is 22.4. The van der Waals surface area contributed by atoms with Crippen LogP contribution in [0.2, 0.25) is 0 Å². The van der Waals surface area contributed by atoms with Gasteiger partial charge in [0.25, 0.3) is 0 Å². The molecule has 0 aliphatic heterocycles. The van der Waals surface area contributed by atoms with Crippen molar-refractivity contribution in [1.29, 1.82) is 0 Å². The SMILES string of the molecule is C=C.C=C(N)COCCC.CC.CC(C)CN(SCC[C@H](Cc1ccccc1)NOC1CCCC1)c1ccccc1. The van der Waals surface area contributed by atoms with Crippen LogP contribution in [0.5, 0.6) is 0 Å². The zero-order valence-electron chi connectivity index (χ0n) is 26.7. The minimum absolute atomic E-state index is 0.335. The molecule has 1 atom stereocenters. The summed E-state index contributed by atoms with van der Waals surface area (Å²) < 4.78 is 7.47. The molecular weight excluding hydrogens is 526 g/mol. The lowest BCUT2D eigenvalue weighted by molar-refractivity contribution is -0.0404. The molecule has 0 spiro atoms. The van der Waals surface area contributed by atoms with Crippen LogP contribution in [0.3, 0.4) is 0 Å². The Bertz CT molecular complexity index is 845. The summed E-state index contributed by atoms with van der Waals surface area (Å²) in [7, 11) is 0. The Kier molecular flexibility index (Phi) is 25.2. The van der Waals surface area contributed by atoms with Crippen LogP contribution in [-0.2, 0) is 16.0 Å². The maximum absolute atomic E-state index is 6.07. The van der Waals surface area contributed by atoms with E-state index in [1.807, 2.05) is 25.8 Å². The highest BCUT2D eigenvalue weighted by molar-refractivity contribution is 8.00. The van der Waals surface area contributed by atoms with Gasteiger partial charge < -0.3 is 14.8 Å². The molecule has 0 saturated heterocycles. The number of benzene rings is 2. The Balaban J connectivity index is 0.00000114. The minimum Gasteiger partial charge on any atom is -0.401 e. The van der Waals surface area contributed by atoms with Crippen LogP contribution < -0.4 is 15.5 Å². The van der Waals surface area contributed by atoms with Crippen LogP contribution in [0.4, 0.5) is 5.69 Å². The van der Waals surface area contributed by atoms with Crippen LogP contribution in [0, 0.1) is 5.92 Å². The topological polar surface area (TPSA) is 59.8 Å². The van der Waals surface area contributed by atoms with Crippen molar-refractivity contribution in [3.05, 3.63) is 91.7 Å². The first-order valence-electron chi connectivity index (χ1n) is 15.4. The molecule has 6 heteroatoms.